The molecular formula is C47H43N4OPt-3. The first-order valence-corrected chi connectivity index (χ1v) is 18.3. The average molecular weight is 875 g/mol. The minimum Gasteiger partial charge on any atom is -0.509 e. The van der Waals surface area contributed by atoms with Gasteiger partial charge >= 0.3 is 0 Å². The molecule has 2 aromatic heterocycles. The van der Waals surface area contributed by atoms with Gasteiger partial charge in [0.2, 0.25) is 0 Å². The van der Waals surface area contributed by atoms with Crippen LogP contribution in [-0.2, 0) is 26.5 Å². The van der Waals surface area contributed by atoms with Gasteiger partial charge in [0, 0.05) is 61.1 Å². The van der Waals surface area contributed by atoms with E-state index < -0.39 is 0 Å². The van der Waals surface area contributed by atoms with Crippen LogP contribution in [0.5, 0.6) is 11.5 Å². The van der Waals surface area contributed by atoms with E-state index in [9.17, 15) is 0 Å². The van der Waals surface area contributed by atoms with Gasteiger partial charge in [0.25, 0.3) is 0 Å². The molecule has 0 atom stereocenters. The summed E-state index contributed by atoms with van der Waals surface area (Å²) in [6, 6.07) is 50.0. The monoisotopic (exact) mass is 874 g/mol. The normalized spacial score (nSPS) is 17.1. The molecule has 0 saturated heterocycles. The molecule has 0 radical (unpaired) electrons. The molecule has 0 bridgehead atoms. The van der Waals surface area contributed by atoms with Gasteiger partial charge < -0.3 is 19.1 Å². The van der Waals surface area contributed by atoms with Crippen LogP contribution < -0.4 is 14.5 Å². The molecule has 6 heteroatoms. The van der Waals surface area contributed by atoms with Crippen molar-refractivity contribution in [2.45, 2.75) is 52.4 Å². The van der Waals surface area contributed by atoms with Crippen molar-refractivity contribution < 1.29 is 25.8 Å². The van der Waals surface area contributed by atoms with Crippen molar-refractivity contribution in [1.82, 2.24) is 9.55 Å². The minimum atomic E-state index is -0.225. The van der Waals surface area contributed by atoms with Crippen LogP contribution in [0.25, 0.3) is 27.6 Å². The molecule has 9 rings (SSSR count). The summed E-state index contributed by atoms with van der Waals surface area (Å²) < 4.78 is 8.80. The van der Waals surface area contributed by atoms with E-state index in [4.69, 9.17) is 9.72 Å². The molecule has 2 aliphatic rings. The standard InChI is InChI=1S/C47H43N4O.Pt/c1-45(2)26-14-27-46(3,4)47(45,33-15-7-6-8-16-33)34-25-28-48-44(29-34)51-40-20-10-9-19-38(40)39-24-23-37(31-43(39)51)52-36-18-13-17-35(30-36)50-32-49(5)41-21-11-12-22-42(41)50;/h6-13,15-25,28-29,32H,14,26-27H2,1-5H3;/q-3;. The quantitative estimate of drug-likeness (QED) is 0.156. The molecule has 0 amide bonds. The Hall–Kier alpha value is -4.86. The maximum atomic E-state index is 6.54. The molecule has 270 valence electrons. The number of hydrogen-bond acceptors (Lipinski definition) is 4. The van der Waals surface area contributed by atoms with E-state index in [0.717, 1.165) is 57.5 Å². The number of anilines is 3. The van der Waals surface area contributed by atoms with Gasteiger partial charge in [-0.3, -0.25) is 0 Å². The van der Waals surface area contributed by atoms with Gasteiger partial charge in [0.05, 0.1) is 0 Å². The number of hydrogen-bond donors (Lipinski definition) is 0. The maximum Gasteiger partial charge on any atom is 0.135 e. The second-order valence-electron chi connectivity index (χ2n) is 15.7. The molecule has 1 saturated carbocycles. The van der Waals surface area contributed by atoms with E-state index in [1.807, 2.05) is 24.4 Å². The van der Waals surface area contributed by atoms with Crippen LogP contribution in [0, 0.1) is 29.6 Å². The van der Waals surface area contributed by atoms with Crippen LogP contribution in [0.1, 0.15) is 58.1 Å². The third-order valence-electron chi connectivity index (χ3n) is 11.8. The van der Waals surface area contributed by atoms with Gasteiger partial charge in [-0.25, -0.2) is 4.98 Å². The minimum absolute atomic E-state index is 0. The van der Waals surface area contributed by atoms with Crippen molar-refractivity contribution >= 4 is 38.9 Å². The predicted molar refractivity (Wildman–Crippen MR) is 213 cm³/mol. The largest absolute Gasteiger partial charge is 0.509 e. The Labute approximate surface area is 327 Å². The third-order valence-corrected chi connectivity index (χ3v) is 11.8. The van der Waals surface area contributed by atoms with Gasteiger partial charge in [-0.05, 0) is 77.6 Å². The predicted octanol–water partition coefficient (Wildman–Crippen LogP) is 11.8. The molecule has 5 nitrogen and oxygen atoms in total. The summed E-state index contributed by atoms with van der Waals surface area (Å²) in [6.07, 6.45) is 5.54. The summed E-state index contributed by atoms with van der Waals surface area (Å²) in [4.78, 5) is 9.34. The first-order valence-electron chi connectivity index (χ1n) is 18.3. The van der Waals surface area contributed by atoms with Crippen LogP contribution in [0.3, 0.4) is 0 Å². The van der Waals surface area contributed by atoms with E-state index in [-0.39, 0.29) is 37.3 Å². The molecular weight excluding hydrogens is 832 g/mol. The maximum absolute atomic E-state index is 6.54. The molecule has 0 unspecified atom stereocenters. The molecule has 1 aliphatic heterocycles. The summed E-state index contributed by atoms with van der Waals surface area (Å²) in [5, 5.41) is 2.26. The van der Waals surface area contributed by atoms with Crippen molar-refractivity contribution in [2.75, 3.05) is 16.8 Å². The van der Waals surface area contributed by atoms with Gasteiger partial charge in [-0.1, -0.05) is 100 Å². The van der Waals surface area contributed by atoms with Crippen molar-refractivity contribution in [1.29, 1.82) is 0 Å². The first kappa shape index (κ1) is 35.2. The van der Waals surface area contributed by atoms with Crippen molar-refractivity contribution in [2.24, 2.45) is 10.8 Å². The second kappa shape index (κ2) is 13.2. The van der Waals surface area contributed by atoms with Gasteiger partial charge in [-0.2, -0.15) is 18.8 Å². The Balaban J connectivity index is 0.00000400. The van der Waals surface area contributed by atoms with Crippen molar-refractivity contribution in [3.05, 3.63) is 157 Å². The number of fused-ring (bicyclic) bond motifs is 4. The fourth-order valence-electron chi connectivity index (χ4n) is 9.84. The topological polar surface area (TPSA) is 33.5 Å². The first-order chi connectivity index (χ1) is 25.2. The molecule has 1 aliphatic carbocycles. The third kappa shape index (κ3) is 5.50. The van der Waals surface area contributed by atoms with Gasteiger partial charge in [0.1, 0.15) is 5.82 Å². The van der Waals surface area contributed by atoms with E-state index in [1.54, 1.807) is 0 Å². The molecule has 1 fully saturated rings. The van der Waals surface area contributed by atoms with Crippen LogP contribution in [0.4, 0.5) is 17.1 Å². The Morgan fingerprint density at radius 3 is 2.17 bits per heavy atom. The molecule has 3 heterocycles. The van der Waals surface area contributed by atoms with Gasteiger partial charge in [-0.15, -0.1) is 41.4 Å². The molecule has 53 heavy (non-hydrogen) atoms. The van der Waals surface area contributed by atoms with Crippen LogP contribution in [0.2, 0.25) is 0 Å². The zero-order valence-electron chi connectivity index (χ0n) is 30.8. The number of ether oxygens (including phenoxy) is 1. The number of rotatable bonds is 6. The Morgan fingerprint density at radius 1 is 0.679 bits per heavy atom. The zero-order valence-corrected chi connectivity index (χ0v) is 33.1. The number of benzene rings is 5. The van der Waals surface area contributed by atoms with E-state index >= 15 is 0 Å². The summed E-state index contributed by atoms with van der Waals surface area (Å²) in [5.74, 6) is 2.13. The Bertz CT molecular complexity index is 2430. The van der Waals surface area contributed by atoms with Crippen LogP contribution >= 0.6 is 0 Å². The number of pyridine rings is 1. The molecule has 0 spiro atoms. The Morgan fingerprint density at radius 2 is 1.38 bits per heavy atom. The summed E-state index contributed by atoms with van der Waals surface area (Å²) in [5.41, 5.74) is 7.65. The SMILES string of the molecule is CN1[CH-]N(c2[c-]c(Oc3[c-]c4c(cc3)c3ccccc3n4-c3cc(C4(c5ccccc5)C(C)(C)CCCC4(C)C)ccn3)ccc2)c2ccccc21.[Pt]. The summed E-state index contributed by atoms with van der Waals surface area (Å²) in [6.45, 7) is 11.9. The number of nitrogens with zero attached hydrogens (tertiary/aromatic N) is 4. The van der Waals surface area contributed by atoms with Crippen LogP contribution in [0.15, 0.2) is 128 Å². The second-order valence-corrected chi connectivity index (χ2v) is 15.7. The molecule has 7 aromatic rings. The molecule has 0 N–H and O–H groups in total. The number of para-hydroxylation sites is 3. The molecule has 5 aromatic carbocycles. The fraction of sp³-hybridized carbons (Fsp3) is 0.234. The smallest absolute Gasteiger partial charge is 0.135 e. The summed E-state index contributed by atoms with van der Waals surface area (Å²) >= 11 is 0. The summed E-state index contributed by atoms with van der Waals surface area (Å²) in [7, 11) is 2.06. The number of aromatic nitrogens is 2. The Kier molecular flexibility index (Phi) is 8.77. The average Bonchev–Trinajstić information content (AvgIpc) is 3.66. The van der Waals surface area contributed by atoms with Gasteiger partial charge in [0.15, 0.2) is 0 Å². The zero-order chi connectivity index (χ0) is 35.7. The fourth-order valence-corrected chi connectivity index (χ4v) is 9.84. The van der Waals surface area contributed by atoms with Crippen molar-refractivity contribution in [3.8, 4) is 17.3 Å². The van der Waals surface area contributed by atoms with E-state index in [1.165, 1.54) is 17.5 Å². The van der Waals surface area contributed by atoms with E-state index in [0.29, 0.717) is 11.5 Å². The van der Waals surface area contributed by atoms with E-state index in [2.05, 4.69) is 171 Å². The van der Waals surface area contributed by atoms with Crippen LogP contribution in [-0.4, -0.2) is 16.6 Å². The van der Waals surface area contributed by atoms with Crippen molar-refractivity contribution in [3.63, 3.8) is 0 Å².